The van der Waals surface area contributed by atoms with Crippen LogP contribution in [0.4, 0.5) is 0 Å². The molecule has 0 unspecified atom stereocenters. The van der Waals surface area contributed by atoms with E-state index >= 15 is 0 Å². The molecule has 1 aromatic heterocycles. The summed E-state index contributed by atoms with van der Waals surface area (Å²) >= 11 is 1.76. The third-order valence-corrected chi connectivity index (χ3v) is 4.34. The summed E-state index contributed by atoms with van der Waals surface area (Å²) in [6.07, 6.45) is 2.87. The topological polar surface area (TPSA) is 43.4 Å². The highest BCUT2D eigenvalue weighted by Crippen LogP contribution is 2.29. The van der Waals surface area contributed by atoms with Crippen molar-refractivity contribution in [3.05, 3.63) is 39.8 Å². The highest BCUT2D eigenvalue weighted by molar-refractivity contribution is 7.11. The first-order chi connectivity index (χ1) is 10.1. The molecule has 0 aliphatic rings. The highest BCUT2D eigenvalue weighted by Gasteiger charge is 2.12. The van der Waals surface area contributed by atoms with E-state index in [0.717, 1.165) is 30.0 Å². The van der Waals surface area contributed by atoms with Gasteiger partial charge in [0, 0.05) is 41.7 Å². The molecule has 114 valence electrons. The van der Waals surface area contributed by atoms with Gasteiger partial charge in [-0.2, -0.15) is 0 Å². The van der Waals surface area contributed by atoms with Gasteiger partial charge >= 0.3 is 0 Å². The molecule has 1 atom stereocenters. The summed E-state index contributed by atoms with van der Waals surface area (Å²) < 4.78 is 10.7. The number of methoxy groups -OCH3 is 2. The minimum absolute atomic E-state index is 0.215. The van der Waals surface area contributed by atoms with Gasteiger partial charge in [0.15, 0.2) is 0 Å². The van der Waals surface area contributed by atoms with Gasteiger partial charge in [-0.05, 0) is 19.9 Å². The van der Waals surface area contributed by atoms with Gasteiger partial charge < -0.3 is 14.8 Å². The molecule has 0 spiro atoms. The van der Waals surface area contributed by atoms with Crippen LogP contribution in [-0.2, 0) is 6.42 Å². The molecule has 21 heavy (non-hydrogen) atoms. The molecule has 2 rings (SSSR count). The molecule has 0 radical (unpaired) electrons. The second-order valence-corrected chi connectivity index (χ2v) is 6.22. The van der Waals surface area contributed by atoms with Crippen LogP contribution in [0.5, 0.6) is 11.5 Å². The zero-order valence-electron chi connectivity index (χ0n) is 13.0. The molecular weight excluding hydrogens is 284 g/mol. The molecule has 1 N–H and O–H groups in total. The summed E-state index contributed by atoms with van der Waals surface area (Å²) in [4.78, 5) is 5.64. The molecule has 2 aromatic rings. The molecule has 0 fully saturated rings. The number of benzene rings is 1. The number of nitrogens with one attached hydrogen (secondary N) is 1. The zero-order valence-corrected chi connectivity index (χ0v) is 13.8. The minimum atomic E-state index is 0.215. The predicted octanol–water partition coefficient (Wildman–Crippen LogP) is 3.36. The van der Waals surface area contributed by atoms with Crippen molar-refractivity contribution >= 4 is 11.3 Å². The van der Waals surface area contributed by atoms with E-state index in [9.17, 15) is 0 Å². The van der Waals surface area contributed by atoms with E-state index < -0.39 is 0 Å². The van der Waals surface area contributed by atoms with Gasteiger partial charge in [-0.3, -0.25) is 0 Å². The molecule has 0 saturated heterocycles. The molecule has 0 aliphatic heterocycles. The van der Waals surface area contributed by atoms with Crippen LogP contribution in [0, 0.1) is 6.92 Å². The third kappa shape index (κ3) is 4.19. The van der Waals surface area contributed by atoms with Crippen molar-refractivity contribution in [3.63, 3.8) is 0 Å². The fourth-order valence-corrected chi connectivity index (χ4v) is 2.99. The lowest BCUT2D eigenvalue weighted by molar-refractivity contribution is 0.386. The van der Waals surface area contributed by atoms with Crippen molar-refractivity contribution in [1.82, 2.24) is 10.3 Å². The van der Waals surface area contributed by atoms with E-state index in [-0.39, 0.29) is 6.04 Å². The molecule has 0 bridgehead atoms. The van der Waals surface area contributed by atoms with Crippen LogP contribution in [0.25, 0.3) is 0 Å². The van der Waals surface area contributed by atoms with Gasteiger partial charge in [0.2, 0.25) is 0 Å². The van der Waals surface area contributed by atoms with E-state index in [1.807, 2.05) is 24.4 Å². The number of hydrogen-bond donors (Lipinski definition) is 1. The summed E-state index contributed by atoms with van der Waals surface area (Å²) in [6, 6.07) is 6.13. The Balaban J connectivity index is 1.94. The number of aryl methyl sites for hydroxylation is 1. The van der Waals surface area contributed by atoms with Crippen molar-refractivity contribution in [2.75, 3.05) is 20.8 Å². The summed E-state index contributed by atoms with van der Waals surface area (Å²) in [5.74, 6) is 1.65. The fourth-order valence-electron chi connectivity index (χ4n) is 2.20. The van der Waals surface area contributed by atoms with E-state index in [1.165, 1.54) is 9.88 Å². The lowest BCUT2D eigenvalue weighted by Gasteiger charge is -2.17. The molecule has 1 heterocycles. The second-order valence-electron chi connectivity index (χ2n) is 4.90. The first-order valence-corrected chi connectivity index (χ1v) is 7.82. The van der Waals surface area contributed by atoms with Gasteiger partial charge in [-0.15, -0.1) is 11.3 Å². The van der Waals surface area contributed by atoms with Crippen LogP contribution in [0.3, 0.4) is 0 Å². The number of ether oxygens (including phenoxy) is 2. The number of hydrogen-bond acceptors (Lipinski definition) is 5. The smallest absolute Gasteiger partial charge is 0.127 e. The van der Waals surface area contributed by atoms with Crippen LogP contribution in [-0.4, -0.2) is 25.7 Å². The van der Waals surface area contributed by atoms with Gasteiger partial charge in [-0.1, -0.05) is 6.07 Å². The van der Waals surface area contributed by atoms with Crippen LogP contribution >= 0.6 is 11.3 Å². The third-order valence-electron chi connectivity index (χ3n) is 3.37. The Bertz CT molecular complexity index is 583. The average Bonchev–Trinajstić information content (AvgIpc) is 2.91. The molecule has 0 saturated carbocycles. The molecule has 5 heteroatoms. The van der Waals surface area contributed by atoms with Gasteiger partial charge in [0.25, 0.3) is 0 Å². The Labute approximate surface area is 130 Å². The molecule has 1 aromatic carbocycles. The van der Waals surface area contributed by atoms with Gasteiger partial charge in [0.05, 0.1) is 19.2 Å². The number of nitrogens with zero attached hydrogens (tertiary/aromatic N) is 1. The number of thiazole rings is 1. The first kappa shape index (κ1) is 15.8. The van der Waals surface area contributed by atoms with Crippen molar-refractivity contribution in [2.24, 2.45) is 0 Å². The van der Waals surface area contributed by atoms with E-state index in [2.05, 4.69) is 24.1 Å². The van der Waals surface area contributed by atoms with Gasteiger partial charge in [-0.25, -0.2) is 4.98 Å². The number of aromatic nitrogens is 1. The molecule has 0 amide bonds. The van der Waals surface area contributed by atoms with Crippen molar-refractivity contribution in [3.8, 4) is 11.5 Å². The van der Waals surface area contributed by atoms with Gasteiger partial charge in [0.1, 0.15) is 11.5 Å². The summed E-state index contributed by atoms with van der Waals surface area (Å²) in [7, 11) is 3.34. The van der Waals surface area contributed by atoms with E-state index in [1.54, 1.807) is 25.6 Å². The number of rotatable bonds is 7. The molecule has 0 aliphatic carbocycles. The SMILES string of the molecule is COc1ccc([C@H](C)NCCc2ncc(C)s2)c(OC)c1. The maximum atomic E-state index is 5.45. The van der Waals surface area contributed by atoms with E-state index in [4.69, 9.17) is 9.47 Å². The summed E-state index contributed by atoms with van der Waals surface area (Å²) in [5, 5.41) is 4.69. The van der Waals surface area contributed by atoms with Crippen molar-refractivity contribution in [1.29, 1.82) is 0 Å². The van der Waals surface area contributed by atoms with Crippen LogP contribution < -0.4 is 14.8 Å². The average molecular weight is 306 g/mol. The monoisotopic (exact) mass is 306 g/mol. The van der Waals surface area contributed by atoms with Crippen LogP contribution in [0.1, 0.15) is 28.4 Å². The Morgan fingerprint density at radius 1 is 1.29 bits per heavy atom. The predicted molar refractivity (Wildman–Crippen MR) is 86.5 cm³/mol. The maximum Gasteiger partial charge on any atom is 0.127 e. The summed E-state index contributed by atoms with van der Waals surface area (Å²) in [5.41, 5.74) is 1.13. The Hall–Kier alpha value is -1.59. The quantitative estimate of drug-likeness (QED) is 0.852. The standard InChI is InChI=1S/C16H22N2O2S/c1-11-10-18-16(21-11)7-8-17-12(2)14-6-5-13(19-3)9-15(14)20-4/h5-6,9-10,12,17H,7-8H2,1-4H3/t12-/m0/s1. The summed E-state index contributed by atoms with van der Waals surface area (Å²) in [6.45, 7) is 5.11. The fraction of sp³-hybridized carbons (Fsp3) is 0.438. The lowest BCUT2D eigenvalue weighted by Crippen LogP contribution is -2.21. The van der Waals surface area contributed by atoms with E-state index in [0.29, 0.717) is 0 Å². The van der Waals surface area contributed by atoms with Crippen LogP contribution in [0.2, 0.25) is 0 Å². The van der Waals surface area contributed by atoms with Crippen molar-refractivity contribution < 1.29 is 9.47 Å². The largest absolute Gasteiger partial charge is 0.497 e. The first-order valence-electron chi connectivity index (χ1n) is 7.00. The molecule has 4 nitrogen and oxygen atoms in total. The maximum absolute atomic E-state index is 5.45. The minimum Gasteiger partial charge on any atom is -0.497 e. The Kier molecular flexibility index (Phi) is 5.59. The zero-order chi connectivity index (χ0) is 15.2. The van der Waals surface area contributed by atoms with Crippen LogP contribution in [0.15, 0.2) is 24.4 Å². The van der Waals surface area contributed by atoms with Crippen molar-refractivity contribution in [2.45, 2.75) is 26.3 Å². The Morgan fingerprint density at radius 3 is 2.71 bits per heavy atom. The normalized spacial score (nSPS) is 12.2. The second kappa shape index (κ2) is 7.43. The Morgan fingerprint density at radius 2 is 2.10 bits per heavy atom. The molecular formula is C16H22N2O2S. The lowest BCUT2D eigenvalue weighted by atomic mass is 10.1. The highest BCUT2D eigenvalue weighted by atomic mass is 32.1.